The molecule has 1 N–H and O–H groups in total. The van der Waals surface area contributed by atoms with E-state index >= 15 is 0 Å². The predicted molar refractivity (Wildman–Crippen MR) is 82.4 cm³/mol. The molecule has 122 valence electrons. The molecule has 1 amide bonds. The van der Waals surface area contributed by atoms with Gasteiger partial charge in [0, 0.05) is 32.3 Å². The second kappa shape index (κ2) is 7.45. The van der Waals surface area contributed by atoms with E-state index in [0.717, 1.165) is 45.5 Å². The zero-order chi connectivity index (χ0) is 15.3. The van der Waals surface area contributed by atoms with Gasteiger partial charge in [0.15, 0.2) is 0 Å². The fraction of sp³-hybridized carbons (Fsp3) is 0.938. The summed E-state index contributed by atoms with van der Waals surface area (Å²) < 4.78 is 11.1. The molecule has 0 aromatic rings. The summed E-state index contributed by atoms with van der Waals surface area (Å²) in [6.07, 6.45) is 5.70. The molecule has 5 nitrogen and oxygen atoms in total. The average Bonchev–Trinajstić information content (AvgIpc) is 2.78. The van der Waals surface area contributed by atoms with Gasteiger partial charge in [-0.1, -0.05) is 0 Å². The van der Waals surface area contributed by atoms with Crippen LogP contribution in [0.2, 0.25) is 0 Å². The molecule has 0 spiro atoms. The van der Waals surface area contributed by atoms with Gasteiger partial charge in [-0.3, -0.25) is 0 Å². The van der Waals surface area contributed by atoms with Crippen LogP contribution in [0.3, 0.4) is 0 Å². The van der Waals surface area contributed by atoms with E-state index in [4.69, 9.17) is 9.47 Å². The molecule has 0 radical (unpaired) electrons. The second-order valence-electron chi connectivity index (χ2n) is 7.14. The molecule has 21 heavy (non-hydrogen) atoms. The normalized spacial score (nSPS) is 27.5. The Morgan fingerprint density at radius 1 is 1.24 bits per heavy atom. The predicted octanol–water partition coefficient (Wildman–Crippen LogP) is 2.54. The zero-order valence-electron chi connectivity index (χ0n) is 13.7. The number of rotatable bonds is 3. The number of amides is 1. The van der Waals surface area contributed by atoms with Crippen molar-refractivity contribution >= 4 is 6.09 Å². The van der Waals surface area contributed by atoms with Gasteiger partial charge in [-0.25, -0.2) is 4.79 Å². The average molecular weight is 298 g/mol. The Morgan fingerprint density at radius 2 is 2.05 bits per heavy atom. The van der Waals surface area contributed by atoms with Gasteiger partial charge in [-0.2, -0.15) is 0 Å². The molecule has 0 aromatic carbocycles. The van der Waals surface area contributed by atoms with Crippen molar-refractivity contribution in [2.75, 3.05) is 26.2 Å². The second-order valence-corrected chi connectivity index (χ2v) is 7.14. The van der Waals surface area contributed by atoms with Crippen LogP contribution in [0, 0.1) is 0 Å². The number of likely N-dealkylation sites (tertiary alicyclic amines) is 1. The quantitative estimate of drug-likeness (QED) is 0.870. The molecule has 2 aliphatic heterocycles. The van der Waals surface area contributed by atoms with Crippen molar-refractivity contribution in [2.45, 2.75) is 70.6 Å². The number of nitrogens with zero attached hydrogens (tertiary/aromatic N) is 1. The standard InChI is InChI=1S/C16H30N2O3/c1-16(2,3)21-15(19)18-9-4-6-13(8-10-18)17-12-14-7-5-11-20-14/h13-14,17H,4-12H2,1-3H3. The molecule has 2 aliphatic rings. The van der Waals surface area contributed by atoms with Gasteiger partial charge in [0.05, 0.1) is 6.10 Å². The highest BCUT2D eigenvalue weighted by Gasteiger charge is 2.25. The topological polar surface area (TPSA) is 50.8 Å². The van der Waals surface area contributed by atoms with Crippen LogP contribution < -0.4 is 5.32 Å². The first kappa shape index (κ1) is 16.6. The van der Waals surface area contributed by atoms with Gasteiger partial charge in [0.25, 0.3) is 0 Å². The summed E-state index contributed by atoms with van der Waals surface area (Å²) >= 11 is 0. The van der Waals surface area contributed by atoms with Gasteiger partial charge in [-0.05, 0) is 52.9 Å². The van der Waals surface area contributed by atoms with E-state index in [0.29, 0.717) is 12.1 Å². The summed E-state index contributed by atoms with van der Waals surface area (Å²) in [6.45, 7) is 9.16. The maximum absolute atomic E-state index is 12.1. The minimum absolute atomic E-state index is 0.178. The van der Waals surface area contributed by atoms with E-state index in [9.17, 15) is 4.79 Å². The molecule has 0 bridgehead atoms. The van der Waals surface area contributed by atoms with Crippen LogP contribution in [0.4, 0.5) is 4.79 Å². The Labute approximate surface area is 128 Å². The number of nitrogens with one attached hydrogen (secondary N) is 1. The van der Waals surface area contributed by atoms with Crippen molar-refractivity contribution in [3.8, 4) is 0 Å². The highest BCUT2D eigenvalue weighted by Crippen LogP contribution is 2.16. The summed E-state index contributed by atoms with van der Waals surface area (Å²) in [6, 6.07) is 0.488. The summed E-state index contributed by atoms with van der Waals surface area (Å²) in [4.78, 5) is 13.9. The minimum Gasteiger partial charge on any atom is -0.444 e. The third-order valence-corrected chi connectivity index (χ3v) is 4.04. The van der Waals surface area contributed by atoms with Gasteiger partial charge in [0.1, 0.15) is 5.60 Å². The molecular formula is C16H30N2O3. The molecule has 2 atom stereocenters. The van der Waals surface area contributed by atoms with Crippen molar-refractivity contribution in [1.82, 2.24) is 10.2 Å². The molecule has 2 heterocycles. The van der Waals surface area contributed by atoms with Crippen LogP contribution in [0.15, 0.2) is 0 Å². The molecular weight excluding hydrogens is 268 g/mol. The van der Waals surface area contributed by atoms with E-state index in [1.54, 1.807) is 0 Å². The molecule has 5 heteroatoms. The van der Waals surface area contributed by atoms with E-state index in [1.807, 2.05) is 25.7 Å². The van der Waals surface area contributed by atoms with E-state index in [1.165, 1.54) is 12.8 Å². The lowest BCUT2D eigenvalue weighted by atomic mass is 10.1. The molecule has 2 saturated heterocycles. The van der Waals surface area contributed by atoms with Crippen molar-refractivity contribution in [1.29, 1.82) is 0 Å². The van der Waals surface area contributed by atoms with Gasteiger partial charge >= 0.3 is 6.09 Å². The van der Waals surface area contributed by atoms with Crippen molar-refractivity contribution in [3.05, 3.63) is 0 Å². The van der Waals surface area contributed by atoms with Crippen LogP contribution in [-0.4, -0.2) is 55.0 Å². The lowest BCUT2D eigenvalue weighted by molar-refractivity contribution is 0.0255. The maximum atomic E-state index is 12.1. The van der Waals surface area contributed by atoms with E-state index < -0.39 is 5.60 Å². The number of ether oxygens (including phenoxy) is 2. The minimum atomic E-state index is -0.416. The first-order valence-corrected chi connectivity index (χ1v) is 8.27. The smallest absolute Gasteiger partial charge is 0.410 e. The first-order chi connectivity index (χ1) is 9.94. The Kier molecular flexibility index (Phi) is 5.88. The highest BCUT2D eigenvalue weighted by molar-refractivity contribution is 5.68. The third kappa shape index (κ3) is 5.83. The molecule has 2 unspecified atom stereocenters. The Hall–Kier alpha value is -0.810. The lowest BCUT2D eigenvalue weighted by Gasteiger charge is -2.26. The summed E-state index contributed by atoms with van der Waals surface area (Å²) in [5.74, 6) is 0. The Balaban J connectivity index is 1.72. The Morgan fingerprint density at radius 3 is 2.71 bits per heavy atom. The number of hydrogen-bond acceptors (Lipinski definition) is 4. The van der Waals surface area contributed by atoms with Crippen LogP contribution in [-0.2, 0) is 9.47 Å². The van der Waals surface area contributed by atoms with Crippen molar-refractivity contribution < 1.29 is 14.3 Å². The first-order valence-electron chi connectivity index (χ1n) is 8.27. The number of carbonyl (C=O) groups excluding carboxylic acids is 1. The number of carbonyl (C=O) groups is 1. The Bertz CT molecular complexity index is 335. The van der Waals surface area contributed by atoms with Gasteiger partial charge < -0.3 is 19.7 Å². The number of hydrogen-bond donors (Lipinski definition) is 1. The fourth-order valence-corrected chi connectivity index (χ4v) is 2.91. The lowest BCUT2D eigenvalue weighted by Crippen LogP contribution is -2.39. The molecule has 0 aliphatic carbocycles. The van der Waals surface area contributed by atoms with Crippen LogP contribution in [0.1, 0.15) is 52.9 Å². The highest BCUT2D eigenvalue weighted by atomic mass is 16.6. The fourth-order valence-electron chi connectivity index (χ4n) is 2.91. The molecule has 2 rings (SSSR count). The third-order valence-electron chi connectivity index (χ3n) is 4.04. The van der Waals surface area contributed by atoms with Gasteiger partial charge in [-0.15, -0.1) is 0 Å². The zero-order valence-corrected chi connectivity index (χ0v) is 13.7. The van der Waals surface area contributed by atoms with E-state index in [2.05, 4.69) is 5.32 Å². The van der Waals surface area contributed by atoms with Crippen LogP contribution in [0.5, 0.6) is 0 Å². The van der Waals surface area contributed by atoms with Crippen LogP contribution >= 0.6 is 0 Å². The van der Waals surface area contributed by atoms with Crippen molar-refractivity contribution in [3.63, 3.8) is 0 Å². The molecule has 2 fully saturated rings. The van der Waals surface area contributed by atoms with E-state index in [-0.39, 0.29) is 6.09 Å². The van der Waals surface area contributed by atoms with Crippen molar-refractivity contribution in [2.24, 2.45) is 0 Å². The summed E-state index contributed by atoms with van der Waals surface area (Å²) in [5, 5.41) is 3.61. The monoisotopic (exact) mass is 298 g/mol. The molecule has 0 saturated carbocycles. The van der Waals surface area contributed by atoms with Crippen LogP contribution in [0.25, 0.3) is 0 Å². The SMILES string of the molecule is CC(C)(C)OC(=O)N1CCCC(NCC2CCCO2)CC1. The largest absolute Gasteiger partial charge is 0.444 e. The molecule has 0 aromatic heterocycles. The maximum Gasteiger partial charge on any atom is 0.410 e. The summed E-state index contributed by atoms with van der Waals surface area (Å²) in [5.41, 5.74) is -0.416. The van der Waals surface area contributed by atoms with Gasteiger partial charge in [0.2, 0.25) is 0 Å². The summed E-state index contributed by atoms with van der Waals surface area (Å²) in [7, 11) is 0.